The number of hydrogen-bond donors (Lipinski definition) is 1. The number of nitrogens with one attached hydrogen (secondary N) is 1. The summed E-state index contributed by atoms with van der Waals surface area (Å²) in [5.74, 6) is 2.08. The van der Waals surface area contributed by atoms with Crippen molar-refractivity contribution < 1.29 is 23.7 Å². The maximum atomic E-state index is 12.2. The molecule has 130 valence electrons. The molecule has 1 aliphatic heterocycles. The lowest BCUT2D eigenvalue weighted by Crippen LogP contribution is -2.17. The minimum atomic E-state index is -0.343. The Morgan fingerprint density at radius 2 is 2.00 bits per heavy atom. The second-order valence-electron chi connectivity index (χ2n) is 5.01. The molecule has 0 atom stereocenters. The van der Waals surface area contributed by atoms with Gasteiger partial charge in [0, 0.05) is 5.56 Å². The van der Waals surface area contributed by atoms with Crippen molar-refractivity contribution in [1.29, 1.82) is 0 Å². The van der Waals surface area contributed by atoms with Gasteiger partial charge in [-0.1, -0.05) is 0 Å². The van der Waals surface area contributed by atoms with E-state index in [9.17, 15) is 4.79 Å². The Bertz CT molecular complexity index is 838. The van der Waals surface area contributed by atoms with Gasteiger partial charge in [-0.3, -0.25) is 4.79 Å². The molecule has 8 heteroatoms. The molecule has 0 bridgehead atoms. The summed E-state index contributed by atoms with van der Waals surface area (Å²) >= 11 is 2.15. The number of carbonyl (C=O) groups is 1. The lowest BCUT2D eigenvalue weighted by Gasteiger charge is -2.10. The number of halogens is 1. The van der Waals surface area contributed by atoms with Crippen molar-refractivity contribution in [3.63, 3.8) is 0 Å². The fourth-order valence-corrected chi connectivity index (χ4v) is 3.13. The highest BCUT2D eigenvalue weighted by Crippen LogP contribution is 2.33. The molecular weight excluding hydrogens is 439 g/mol. The molecule has 1 heterocycles. The Morgan fingerprint density at radius 1 is 1.20 bits per heavy atom. The number of benzene rings is 2. The van der Waals surface area contributed by atoms with Crippen molar-refractivity contribution in [3.8, 4) is 23.0 Å². The first-order chi connectivity index (χ1) is 12.1. The van der Waals surface area contributed by atoms with Gasteiger partial charge in [0.1, 0.15) is 0 Å². The molecule has 2 aromatic carbocycles. The smallest absolute Gasteiger partial charge is 0.271 e. The number of nitrogens with zero attached hydrogens (tertiary/aromatic N) is 1. The standard InChI is InChI=1S/C17H15IN2O5/c1-22-15-6-10(5-12(18)16(15)23-2)8-19-20-17(21)11-3-4-13-14(7-11)25-9-24-13/h3-8H,9H2,1-2H3,(H,20,21). The third kappa shape index (κ3) is 3.78. The Kier molecular flexibility index (Phi) is 5.27. The van der Waals surface area contributed by atoms with Crippen LogP contribution in [0.2, 0.25) is 0 Å². The second-order valence-corrected chi connectivity index (χ2v) is 6.17. The topological polar surface area (TPSA) is 78.4 Å². The molecule has 1 aliphatic rings. The van der Waals surface area contributed by atoms with Gasteiger partial charge < -0.3 is 18.9 Å². The van der Waals surface area contributed by atoms with Crippen molar-refractivity contribution in [3.05, 3.63) is 45.0 Å². The fraction of sp³-hybridized carbons (Fsp3) is 0.176. The summed E-state index contributed by atoms with van der Waals surface area (Å²) in [5.41, 5.74) is 3.69. The van der Waals surface area contributed by atoms with Crippen molar-refractivity contribution >= 4 is 34.7 Å². The highest BCUT2D eigenvalue weighted by atomic mass is 127. The number of hydrogen-bond acceptors (Lipinski definition) is 6. The fourth-order valence-electron chi connectivity index (χ4n) is 2.28. The summed E-state index contributed by atoms with van der Waals surface area (Å²) in [6.07, 6.45) is 1.54. The van der Waals surface area contributed by atoms with Crippen LogP contribution >= 0.6 is 22.6 Å². The van der Waals surface area contributed by atoms with Gasteiger partial charge >= 0.3 is 0 Å². The molecule has 0 aliphatic carbocycles. The van der Waals surface area contributed by atoms with Crippen LogP contribution in [0.4, 0.5) is 0 Å². The first-order valence-corrected chi connectivity index (χ1v) is 8.35. The molecule has 1 N–H and O–H groups in total. The number of hydrazone groups is 1. The third-order valence-corrected chi connectivity index (χ3v) is 4.27. The lowest BCUT2D eigenvalue weighted by molar-refractivity contribution is 0.0954. The normalized spacial score (nSPS) is 12.3. The first-order valence-electron chi connectivity index (χ1n) is 7.27. The molecule has 25 heavy (non-hydrogen) atoms. The lowest BCUT2D eigenvalue weighted by atomic mass is 10.2. The summed E-state index contributed by atoms with van der Waals surface area (Å²) < 4.78 is 21.9. The van der Waals surface area contributed by atoms with Gasteiger partial charge in [0.25, 0.3) is 5.91 Å². The van der Waals surface area contributed by atoms with Gasteiger partial charge in [0.15, 0.2) is 23.0 Å². The summed E-state index contributed by atoms with van der Waals surface area (Å²) in [4.78, 5) is 12.2. The van der Waals surface area contributed by atoms with Crippen LogP contribution in [-0.4, -0.2) is 33.1 Å². The van der Waals surface area contributed by atoms with Gasteiger partial charge in [-0.05, 0) is 58.5 Å². The monoisotopic (exact) mass is 454 g/mol. The molecule has 0 saturated heterocycles. The van der Waals surface area contributed by atoms with Crippen LogP contribution in [0.15, 0.2) is 35.4 Å². The quantitative estimate of drug-likeness (QED) is 0.427. The van der Waals surface area contributed by atoms with E-state index in [4.69, 9.17) is 18.9 Å². The van der Waals surface area contributed by atoms with Crippen molar-refractivity contribution in [2.24, 2.45) is 5.10 Å². The van der Waals surface area contributed by atoms with Crippen LogP contribution in [0.5, 0.6) is 23.0 Å². The van der Waals surface area contributed by atoms with Gasteiger partial charge in [-0.2, -0.15) is 5.10 Å². The molecule has 7 nitrogen and oxygen atoms in total. The Morgan fingerprint density at radius 3 is 2.76 bits per heavy atom. The molecule has 3 rings (SSSR count). The summed E-state index contributed by atoms with van der Waals surface area (Å²) in [5, 5.41) is 3.99. The molecule has 0 radical (unpaired) electrons. The van der Waals surface area contributed by atoms with Crippen LogP contribution in [0.3, 0.4) is 0 Å². The zero-order chi connectivity index (χ0) is 17.8. The number of ether oxygens (including phenoxy) is 4. The first kappa shape index (κ1) is 17.3. The Balaban J connectivity index is 1.70. The predicted octanol–water partition coefficient (Wildman–Crippen LogP) is 2.80. The van der Waals surface area contributed by atoms with E-state index in [-0.39, 0.29) is 12.7 Å². The summed E-state index contributed by atoms with van der Waals surface area (Å²) in [7, 11) is 3.15. The number of fused-ring (bicyclic) bond motifs is 1. The van der Waals surface area contributed by atoms with Gasteiger partial charge in [-0.15, -0.1) is 0 Å². The van der Waals surface area contributed by atoms with E-state index >= 15 is 0 Å². The summed E-state index contributed by atoms with van der Waals surface area (Å²) in [6.45, 7) is 0.163. The van der Waals surface area contributed by atoms with E-state index in [0.717, 1.165) is 9.13 Å². The molecule has 0 spiro atoms. The van der Waals surface area contributed by atoms with Crippen molar-refractivity contribution in [1.82, 2.24) is 5.43 Å². The average Bonchev–Trinajstić information content (AvgIpc) is 3.08. The van der Waals surface area contributed by atoms with E-state index in [1.54, 1.807) is 38.5 Å². The van der Waals surface area contributed by atoms with E-state index < -0.39 is 0 Å². The zero-order valence-electron chi connectivity index (χ0n) is 13.5. The van der Waals surface area contributed by atoms with E-state index in [1.165, 1.54) is 6.21 Å². The maximum absolute atomic E-state index is 12.2. The van der Waals surface area contributed by atoms with Crippen molar-refractivity contribution in [2.75, 3.05) is 21.0 Å². The van der Waals surface area contributed by atoms with Gasteiger partial charge in [-0.25, -0.2) is 5.43 Å². The molecule has 2 aromatic rings. The number of methoxy groups -OCH3 is 2. The Hall–Kier alpha value is -2.49. The van der Waals surface area contributed by atoms with Crippen LogP contribution in [0, 0.1) is 3.57 Å². The van der Waals surface area contributed by atoms with E-state index in [0.29, 0.717) is 28.6 Å². The molecule has 0 fully saturated rings. The second kappa shape index (κ2) is 7.60. The highest BCUT2D eigenvalue weighted by molar-refractivity contribution is 14.1. The predicted molar refractivity (Wildman–Crippen MR) is 99.9 cm³/mol. The van der Waals surface area contributed by atoms with Gasteiger partial charge in [0.2, 0.25) is 6.79 Å². The molecular formula is C17H15IN2O5. The van der Waals surface area contributed by atoms with Crippen molar-refractivity contribution in [2.45, 2.75) is 0 Å². The largest absolute Gasteiger partial charge is 0.493 e. The zero-order valence-corrected chi connectivity index (χ0v) is 15.7. The maximum Gasteiger partial charge on any atom is 0.271 e. The van der Waals surface area contributed by atoms with Crippen LogP contribution in [-0.2, 0) is 0 Å². The van der Waals surface area contributed by atoms with Crippen LogP contribution < -0.4 is 24.4 Å². The van der Waals surface area contributed by atoms with E-state index in [1.807, 2.05) is 6.07 Å². The molecule has 1 amide bonds. The number of rotatable bonds is 5. The van der Waals surface area contributed by atoms with Gasteiger partial charge in [0.05, 0.1) is 24.0 Å². The number of amides is 1. The van der Waals surface area contributed by atoms with Crippen LogP contribution in [0.25, 0.3) is 0 Å². The molecule has 0 unspecified atom stereocenters. The molecule has 0 saturated carbocycles. The molecule has 0 aromatic heterocycles. The number of carbonyl (C=O) groups excluding carboxylic acids is 1. The average molecular weight is 454 g/mol. The third-order valence-electron chi connectivity index (χ3n) is 3.47. The Labute approximate surface area is 158 Å². The van der Waals surface area contributed by atoms with E-state index in [2.05, 4.69) is 33.1 Å². The summed E-state index contributed by atoms with van der Waals surface area (Å²) in [6, 6.07) is 8.61. The minimum absolute atomic E-state index is 0.163. The SMILES string of the molecule is COc1cc(C=NNC(=O)c2ccc3c(c2)OCO3)cc(I)c1OC. The highest BCUT2D eigenvalue weighted by Gasteiger charge is 2.16. The van der Waals surface area contributed by atoms with Crippen LogP contribution in [0.1, 0.15) is 15.9 Å². The minimum Gasteiger partial charge on any atom is -0.493 e.